The first-order valence-electron chi connectivity index (χ1n) is 12.7. The zero-order valence-corrected chi connectivity index (χ0v) is 22.3. The van der Waals surface area contributed by atoms with Crippen LogP contribution in [-0.2, 0) is 9.59 Å². The highest BCUT2D eigenvalue weighted by Gasteiger charge is 2.45. The third-order valence-corrected chi connectivity index (χ3v) is 7.61. The molecule has 7 heteroatoms. The Hall–Kier alpha value is -5.01. The van der Waals surface area contributed by atoms with Gasteiger partial charge in [-0.15, -0.1) is 0 Å². The maximum atomic E-state index is 13.6. The normalized spacial score (nSPS) is 15.4. The summed E-state index contributed by atoms with van der Waals surface area (Å²) in [5.41, 5.74) is 3.23. The number of allylic oxidation sites excluding steroid dienone is 1. The van der Waals surface area contributed by atoms with Gasteiger partial charge in [0, 0.05) is 0 Å². The molecule has 1 aromatic heterocycles. The summed E-state index contributed by atoms with van der Waals surface area (Å²) in [6.07, 6.45) is 3.05. The Bertz CT molecular complexity index is 1790. The van der Waals surface area contributed by atoms with Crippen molar-refractivity contribution in [1.29, 1.82) is 0 Å². The minimum absolute atomic E-state index is 0.00974. The number of anilines is 1. The van der Waals surface area contributed by atoms with E-state index in [2.05, 4.69) is 0 Å². The van der Waals surface area contributed by atoms with Crippen molar-refractivity contribution in [2.24, 2.45) is 0 Å². The average Bonchev–Trinajstić information content (AvgIpc) is 3.50. The lowest BCUT2D eigenvalue weighted by Crippen LogP contribution is -2.30. The van der Waals surface area contributed by atoms with Gasteiger partial charge in [0.1, 0.15) is 11.5 Å². The number of rotatable bonds is 7. The van der Waals surface area contributed by atoms with Gasteiger partial charge in [0.05, 0.1) is 21.8 Å². The molecular formula is C33H24N2O4S. The summed E-state index contributed by atoms with van der Waals surface area (Å²) in [4.78, 5) is 33.3. The topological polar surface area (TPSA) is 79.7 Å². The van der Waals surface area contributed by atoms with Gasteiger partial charge < -0.3 is 9.84 Å². The van der Waals surface area contributed by atoms with Crippen molar-refractivity contribution >= 4 is 44.5 Å². The Kier molecular flexibility index (Phi) is 6.72. The van der Waals surface area contributed by atoms with Crippen molar-refractivity contribution in [3.05, 3.63) is 137 Å². The number of ketones is 1. The lowest BCUT2D eigenvalue weighted by molar-refractivity contribution is -0.117. The van der Waals surface area contributed by atoms with Gasteiger partial charge in [-0.05, 0) is 66.1 Å². The van der Waals surface area contributed by atoms with Crippen LogP contribution >= 0.6 is 11.3 Å². The predicted octanol–water partition coefficient (Wildman–Crippen LogP) is 7.58. The third kappa shape index (κ3) is 4.90. The van der Waals surface area contributed by atoms with Gasteiger partial charge >= 0.3 is 0 Å². The Labute approximate surface area is 235 Å². The predicted molar refractivity (Wildman–Crippen MR) is 158 cm³/mol. The summed E-state index contributed by atoms with van der Waals surface area (Å²) in [5, 5.41) is 11.5. The fraction of sp³-hybridized carbons (Fsp3) is 0.0606. The largest absolute Gasteiger partial charge is 0.503 e. The Balaban J connectivity index is 1.44. The fourth-order valence-electron chi connectivity index (χ4n) is 4.69. The summed E-state index contributed by atoms with van der Waals surface area (Å²) in [5.74, 6) is -0.534. The zero-order valence-electron chi connectivity index (χ0n) is 21.5. The van der Waals surface area contributed by atoms with E-state index in [0.717, 1.165) is 21.3 Å². The highest BCUT2D eigenvalue weighted by Crippen LogP contribution is 2.44. The molecule has 0 bridgehead atoms. The molecule has 4 aromatic carbocycles. The zero-order chi connectivity index (χ0) is 27.6. The van der Waals surface area contributed by atoms with Gasteiger partial charge in [0.15, 0.2) is 16.7 Å². The number of amides is 1. The molecule has 1 aliphatic heterocycles. The van der Waals surface area contributed by atoms with E-state index in [9.17, 15) is 14.7 Å². The number of aromatic nitrogens is 1. The number of fused-ring (bicyclic) bond motifs is 1. The van der Waals surface area contributed by atoms with E-state index in [1.807, 2.05) is 91.9 Å². The van der Waals surface area contributed by atoms with E-state index >= 15 is 0 Å². The molecule has 0 saturated carbocycles. The second-order valence-electron chi connectivity index (χ2n) is 9.40. The second-order valence-corrected chi connectivity index (χ2v) is 10.4. The van der Waals surface area contributed by atoms with Crippen LogP contribution in [0.4, 0.5) is 5.13 Å². The van der Waals surface area contributed by atoms with Crippen LogP contribution in [0.2, 0.25) is 0 Å². The van der Waals surface area contributed by atoms with Crippen molar-refractivity contribution in [3.63, 3.8) is 0 Å². The number of nitrogens with zero attached hydrogens (tertiary/aromatic N) is 2. The maximum Gasteiger partial charge on any atom is 0.296 e. The van der Waals surface area contributed by atoms with Crippen LogP contribution in [0.3, 0.4) is 0 Å². The average molecular weight is 545 g/mol. The molecule has 1 unspecified atom stereocenters. The third-order valence-electron chi connectivity index (χ3n) is 6.59. The quantitative estimate of drug-likeness (QED) is 0.214. The molecule has 2 heterocycles. The minimum atomic E-state index is -0.901. The van der Waals surface area contributed by atoms with Gasteiger partial charge in [0.2, 0.25) is 0 Å². The van der Waals surface area contributed by atoms with Crippen molar-refractivity contribution in [1.82, 2.24) is 4.98 Å². The van der Waals surface area contributed by atoms with E-state index in [1.165, 1.54) is 22.3 Å². The summed E-state index contributed by atoms with van der Waals surface area (Å²) < 4.78 is 6.95. The van der Waals surface area contributed by atoms with Crippen molar-refractivity contribution in [3.8, 4) is 11.5 Å². The number of benzene rings is 4. The van der Waals surface area contributed by atoms with Crippen LogP contribution in [-0.4, -0.2) is 21.8 Å². The number of aliphatic hydroxyl groups excluding tert-OH is 1. The number of hydrogen-bond acceptors (Lipinski definition) is 6. The molecule has 0 saturated heterocycles. The molecule has 1 amide bonds. The Morgan fingerprint density at radius 3 is 2.42 bits per heavy atom. The highest BCUT2D eigenvalue weighted by atomic mass is 32.1. The number of aryl methyl sites for hydroxylation is 1. The van der Waals surface area contributed by atoms with Crippen LogP contribution in [0.1, 0.15) is 22.7 Å². The second kappa shape index (κ2) is 10.6. The summed E-state index contributed by atoms with van der Waals surface area (Å²) in [7, 11) is 0. The monoisotopic (exact) mass is 544 g/mol. The number of carbonyl (C=O) groups is 2. The van der Waals surface area contributed by atoms with E-state index in [1.54, 1.807) is 24.3 Å². The molecule has 5 aromatic rings. The highest BCUT2D eigenvalue weighted by molar-refractivity contribution is 7.22. The van der Waals surface area contributed by atoms with Crippen LogP contribution in [0, 0.1) is 6.92 Å². The molecule has 0 spiro atoms. The first kappa shape index (κ1) is 25.3. The van der Waals surface area contributed by atoms with E-state index < -0.39 is 23.5 Å². The SMILES string of the molecule is Cc1ccc2nc(N3C(=O)C(O)=C(C(=O)C=Cc4ccccc4)C3c3cccc(Oc4ccccc4)c3)sc2c1. The first-order chi connectivity index (χ1) is 19.5. The summed E-state index contributed by atoms with van der Waals surface area (Å²) >= 11 is 1.34. The van der Waals surface area contributed by atoms with Crippen LogP contribution in [0.15, 0.2) is 121 Å². The molecule has 6 rings (SSSR count). The smallest absolute Gasteiger partial charge is 0.296 e. The lowest BCUT2D eigenvalue weighted by atomic mass is 9.95. The van der Waals surface area contributed by atoms with Crippen LogP contribution < -0.4 is 9.64 Å². The van der Waals surface area contributed by atoms with E-state index in [-0.39, 0.29) is 5.57 Å². The number of carbonyl (C=O) groups excluding carboxylic acids is 2. The minimum Gasteiger partial charge on any atom is -0.503 e. The number of hydrogen-bond donors (Lipinski definition) is 1. The molecule has 40 heavy (non-hydrogen) atoms. The lowest BCUT2D eigenvalue weighted by Gasteiger charge is -2.24. The molecular weight excluding hydrogens is 520 g/mol. The molecule has 0 fully saturated rings. The van der Waals surface area contributed by atoms with Gasteiger partial charge in [-0.3, -0.25) is 14.5 Å². The Morgan fingerprint density at radius 1 is 0.925 bits per heavy atom. The van der Waals surface area contributed by atoms with Gasteiger partial charge in [0.25, 0.3) is 5.91 Å². The number of ether oxygens (including phenoxy) is 1. The van der Waals surface area contributed by atoms with Crippen LogP contribution in [0.25, 0.3) is 16.3 Å². The standard InChI is InChI=1S/C33H24N2O4S/c1-21-15-17-26-28(19-21)40-33(34-26)35-30(23-11-8-14-25(20-23)39-24-12-6-3-7-13-24)29(31(37)32(35)38)27(36)18-16-22-9-4-2-5-10-22/h2-20,30,37H,1H3. The van der Waals surface area contributed by atoms with E-state index in [0.29, 0.717) is 22.2 Å². The first-order valence-corrected chi connectivity index (χ1v) is 13.5. The molecule has 1 aliphatic rings. The molecule has 6 nitrogen and oxygen atoms in total. The van der Waals surface area contributed by atoms with Gasteiger partial charge in [-0.2, -0.15) is 0 Å². The van der Waals surface area contributed by atoms with Gasteiger partial charge in [-0.25, -0.2) is 4.98 Å². The van der Waals surface area contributed by atoms with Gasteiger partial charge in [-0.1, -0.05) is 84.1 Å². The Morgan fingerprint density at radius 2 is 1.65 bits per heavy atom. The maximum absolute atomic E-state index is 13.6. The molecule has 0 aliphatic carbocycles. The molecule has 1 atom stereocenters. The fourth-order valence-corrected chi connectivity index (χ4v) is 5.78. The van der Waals surface area contributed by atoms with Crippen molar-refractivity contribution < 1.29 is 19.4 Å². The summed E-state index contributed by atoms with van der Waals surface area (Å²) in [6.45, 7) is 1.99. The van der Waals surface area contributed by atoms with E-state index in [4.69, 9.17) is 9.72 Å². The number of aliphatic hydroxyl groups is 1. The number of para-hydroxylation sites is 1. The molecule has 1 N–H and O–H groups in total. The van der Waals surface area contributed by atoms with Crippen molar-refractivity contribution in [2.45, 2.75) is 13.0 Å². The summed E-state index contributed by atoms with van der Waals surface area (Å²) in [6, 6.07) is 30.9. The number of thiazole rings is 1. The van der Waals surface area contributed by atoms with Crippen molar-refractivity contribution in [2.75, 3.05) is 4.90 Å². The molecule has 0 radical (unpaired) electrons. The van der Waals surface area contributed by atoms with Crippen LogP contribution in [0.5, 0.6) is 11.5 Å². The molecule has 196 valence electrons.